The van der Waals surface area contributed by atoms with Gasteiger partial charge in [0.15, 0.2) is 11.7 Å². The molecule has 0 bridgehead atoms. The Kier molecular flexibility index (Phi) is 6.99. The monoisotopic (exact) mass is 497 g/mol. The average Bonchev–Trinajstić information content (AvgIpc) is 3.54. The molecule has 0 aliphatic heterocycles. The molecule has 1 atom stereocenters. The lowest BCUT2D eigenvalue weighted by Crippen LogP contribution is -2.46. The normalized spacial score (nSPS) is 14.6. The van der Waals surface area contributed by atoms with Crippen molar-refractivity contribution in [2.75, 3.05) is 10.6 Å². The molecule has 8 nitrogen and oxygen atoms in total. The number of hydrogen-bond acceptors (Lipinski definition) is 7. The number of thiophene rings is 1. The van der Waals surface area contributed by atoms with Gasteiger partial charge in [0, 0.05) is 16.6 Å². The quantitative estimate of drug-likeness (QED) is 0.455. The van der Waals surface area contributed by atoms with E-state index in [1.165, 1.54) is 16.2 Å². The molecule has 1 aromatic carbocycles. The number of nitrogens with zero attached hydrogens (tertiary/aromatic N) is 2. The molecule has 1 fully saturated rings. The maximum Gasteiger partial charge on any atom is 0.273 e. The van der Waals surface area contributed by atoms with Gasteiger partial charge >= 0.3 is 0 Å². The van der Waals surface area contributed by atoms with Gasteiger partial charge in [0.2, 0.25) is 5.91 Å². The highest BCUT2D eigenvalue weighted by atomic mass is 32.1. The first-order valence-electron chi connectivity index (χ1n) is 11.1. The minimum Gasteiger partial charge on any atom is -0.395 e. The summed E-state index contributed by atoms with van der Waals surface area (Å²) >= 11 is 2.21. The molecule has 1 aliphatic carbocycles. The summed E-state index contributed by atoms with van der Waals surface area (Å²) in [4.78, 5) is 41.7. The summed E-state index contributed by atoms with van der Waals surface area (Å²) in [6, 6.07) is 8.56. The van der Waals surface area contributed by atoms with Crippen molar-refractivity contribution in [3.8, 4) is 0 Å². The predicted molar refractivity (Wildman–Crippen MR) is 135 cm³/mol. The third-order valence-corrected chi connectivity index (χ3v) is 7.78. The number of carbonyl (C=O) groups is 3. The Morgan fingerprint density at radius 1 is 1.18 bits per heavy atom. The van der Waals surface area contributed by atoms with Crippen LogP contribution in [0.25, 0.3) is 0 Å². The molecule has 1 saturated carbocycles. The van der Waals surface area contributed by atoms with Crippen LogP contribution in [0.5, 0.6) is 0 Å². The number of aryl methyl sites for hydroxylation is 2. The van der Waals surface area contributed by atoms with E-state index in [0.29, 0.717) is 5.69 Å². The van der Waals surface area contributed by atoms with Gasteiger partial charge in [-0.05, 0) is 61.3 Å². The topological polar surface area (TPSA) is 131 Å². The second-order valence-corrected chi connectivity index (χ2v) is 10.3. The zero-order chi connectivity index (χ0) is 24.4. The molecule has 0 radical (unpaired) electrons. The Labute approximate surface area is 206 Å². The SMILES string of the molecule is Cc1ccc(N(C(=O)c2snc(C(N)=O)c2N)[C@H](C(=O)NC2CCCC2)c2cccs2)c(C)c1. The van der Waals surface area contributed by atoms with Gasteiger partial charge in [0.1, 0.15) is 4.88 Å². The lowest BCUT2D eigenvalue weighted by Gasteiger charge is -2.32. The lowest BCUT2D eigenvalue weighted by molar-refractivity contribution is -0.123. The number of benzene rings is 1. The van der Waals surface area contributed by atoms with Crippen LogP contribution >= 0.6 is 22.9 Å². The first kappa shape index (κ1) is 23.9. The van der Waals surface area contributed by atoms with E-state index in [1.54, 1.807) is 0 Å². The second-order valence-electron chi connectivity index (χ2n) is 8.51. The molecule has 0 spiro atoms. The van der Waals surface area contributed by atoms with E-state index < -0.39 is 17.9 Å². The van der Waals surface area contributed by atoms with E-state index in [0.717, 1.165) is 53.2 Å². The number of nitrogen functional groups attached to an aromatic ring is 1. The first-order valence-corrected chi connectivity index (χ1v) is 12.7. The number of primary amides is 1. The van der Waals surface area contributed by atoms with Crippen LogP contribution in [0.3, 0.4) is 0 Å². The van der Waals surface area contributed by atoms with Gasteiger partial charge in [-0.1, -0.05) is 36.6 Å². The fraction of sp³-hybridized carbons (Fsp3) is 0.333. The molecule has 10 heteroatoms. The summed E-state index contributed by atoms with van der Waals surface area (Å²) in [5.74, 6) is -1.56. The van der Waals surface area contributed by atoms with Crippen molar-refractivity contribution in [3.05, 3.63) is 62.3 Å². The molecule has 4 rings (SSSR count). The minimum absolute atomic E-state index is 0.0709. The number of anilines is 2. The summed E-state index contributed by atoms with van der Waals surface area (Å²) in [6.45, 7) is 3.86. The third kappa shape index (κ3) is 4.69. The zero-order valence-corrected chi connectivity index (χ0v) is 20.7. The molecular weight excluding hydrogens is 470 g/mol. The number of rotatable bonds is 7. The van der Waals surface area contributed by atoms with E-state index in [9.17, 15) is 14.4 Å². The predicted octanol–water partition coefficient (Wildman–Crippen LogP) is 3.95. The van der Waals surface area contributed by atoms with Crippen LogP contribution < -0.4 is 21.7 Å². The van der Waals surface area contributed by atoms with Gasteiger partial charge in [-0.2, -0.15) is 4.37 Å². The van der Waals surface area contributed by atoms with Crippen LogP contribution in [-0.2, 0) is 4.79 Å². The number of hydrogen-bond donors (Lipinski definition) is 3. The van der Waals surface area contributed by atoms with Crippen molar-refractivity contribution in [1.82, 2.24) is 9.69 Å². The summed E-state index contributed by atoms with van der Waals surface area (Å²) in [7, 11) is 0. The fourth-order valence-corrected chi connectivity index (χ4v) is 5.91. The van der Waals surface area contributed by atoms with E-state index in [1.807, 2.05) is 49.6 Å². The lowest BCUT2D eigenvalue weighted by atomic mass is 10.0. The Morgan fingerprint density at radius 2 is 1.91 bits per heavy atom. The van der Waals surface area contributed by atoms with Crippen LogP contribution in [0.4, 0.5) is 11.4 Å². The molecule has 5 N–H and O–H groups in total. The highest BCUT2D eigenvalue weighted by Crippen LogP contribution is 2.36. The van der Waals surface area contributed by atoms with Gasteiger partial charge in [-0.3, -0.25) is 19.3 Å². The largest absolute Gasteiger partial charge is 0.395 e. The molecule has 0 saturated heterocycles. The van der Waals surface area contributed by atoms with Crippen LogP contribution in [-0.4, -0.2) is 28.1 Å². The molecular formula is C24H27N5O3S2. The summed E-state index contributed by atoms with van der Waals surface area (Å²) in [6.07, 6.45) is 3.98. The summed E-state index contributed by atoms with van der Waals surface area (Å²) in [5, 5.41) is 5.03. The second kappa shape index (κ2) is 9.94. The van der Waals surface area contributed by atoms with E-state index in [2.05, 4.69) is 9.69 Å². The van der Waals surface area contributed by atoms with Crippen molar-refractivity contribution in [2.24, 2.45) is 5.73 Å². The molecule has 34 heavy (non-hydrogen) atoms. The van der Waals surface area contributed by atoms with E-state index >= 15 is 0 Å². The number of carbonyl (C=O) groups excluding carboxylic acids is 3. The Bertz CT molecular complexity index is 1220. The smallest absolute Gasteiger partial charge is 0.273 e. The van der Waals surface area contributed by atoms with Crippen LogP contribution in [0.1, 0.15) is 67.9 Å². The van der Waals surface area contributed by atoms with E-state index in [4.69, 9.17) is 11.5 Å². The zero-order valence-electron chi connectivity index (χ0n) is 19.0. The van der Waals surface area contributed by atoms with Crippen molar-refractivity contribution in [2.45, 2.75) is 51.6 Å². The first-order chi connectivity index (χ1) is 16.3. The third-order valence-electron chi connectivity index (χ3n) is 6.01. The van der Waals surface area contributed by atoms with Crippen molar-refractivity contribution in [1.29, 1.82) is 0 Å². The Balaban J connectivity index is 1.84. The van der Waals surface area contributed by atoms with Gasteiger partial charge in [0.05, 0.1) is 5.69 Å². The molecule has 3 amide bonds. The average molecular weight is 498 g/mol. The molecule has 1 aliphatic rings. The molecule has 178 valence electrons. The van der Waals surface area contributed by atoms with Gasteiger partial charge < -0.3 is 16.8 Å². The highest BCUT2D eigenvalue weighted by Gasteiger charge is 2.38. The van der Waals surface area contributed by atoms with Crippen LogP contribution in [0.2, 0.25) is 0 Å². The fourth-order valence-electron chi connectivity index (χ4n) is 4.35. The molecule has 2 heterocycles. The van der Waals surface area contributed by atoms with Gasteiger partial charge in [-0.25, -0.2) is 0 Å². The highest BCUT2D eigenvalue weighted by molar-refractivity contribution is 7.10. The summed E-state index contributed by atoms with van der Waals surface area (Å²) in [5.41, 5.74) is 13.7. The summed E-state index contributed by atoms with van der Waals surface area (Å²) < 4.78 is 4.00. The molecule has 0 unspecified atom stereocenters. The maximum absolute atomic E-state index is 14.0. The molecule has 3 aromatic rings. The number of nitrogens with one attached hydrogen (secondary N) is 1. The van der Waals surface area contributed by atoms with Crippen molar-refractivity contribution >= 4 is 52.0 Å². The van der Waals surface area contributed by atoms with Gasteiger partial charge in [-0.15, -0.1) is 11.3 Å². The Morgan fingerprint density at radius 3 is 2.50 bits per heavy atom. The van der Waals surface area contributed by atoms with Gasteiger partial charge in [0.25, 0.3) is 11.8 Å². The molecule has 2 aromatic heterocycles. The number of amides is 3. The number of aromatic nitrogens is 1. The van der Waals surface area contributed by atoms with Crippen LogP contribution in [0.15, 0.2) is 35.7 Å². The number of nitrogens with two attached hydrogens (primary N) is 2. The minimum atomic E-state index is -0.909. The van der Waals surface area contributed by atoms with E-state index in [-0.39, 0.29) is 28.2 Å². The van der Waals surface area contributed by atoms with Crippen LogP contribution in [0, 0.1) is 13.8 Å². The van der Waals surface area contributed by atoms with Crippen molar-refractivity contribution in [3.63, 3.8) is 0 Å². The Hall–Kier alpha value is -3.24. The standard InChI is InChI=1S/C24H27N5O3S2/c1-13-9-10-16(14(2)12-13)29(24(32)21-18(25)19(22(26)30)28-34-21)20(17-8-5-11-33-17)23(31)27-15-6-3-4-7-15/h5,8-12,15,20H,3-4,6-7,25H2,1-2H3,(H2,26,30)(H,27,31)/t20-/m0/s1. The van der Waals surface area contributed by atoms with Crippen molar-refractivity contribution < 1.29 is 14.4 Å². The maximum atomic E-state index is 14.0.